The predicted octanol–water partition coefficient (Wildman–Crippen LogP) is 6.83. The van der Waals surface area contributed by atoms with Crippen LogP contribution in [0.4, 0.5) is 21.0 Å². The average Bonchev–Trinajstić information content (AvgIpc) is 3.92. The minimum Gasteiger partial charge on any atom is -0.453 e. The summed E-state index contributed by atoms with van der Waals surface area (Å²) < 4.78 is 14.9. The topological polar surface area (TPSA) is 176 Å². The molecule has 5 rings (SSSR count). The molecule has 5 atom stereocenters. The zero-order chi connectivity index (χ0) is 48.5. The number of likely N-dealkylation sites (tertiary alicyclic amines) is 1. The normalized spacial score (nSPS) is 18.2. The predicted molar refractivity (Wildman–Crippen MR) is 258 cm³/mol. The minimum atomic E-state index is -1.94. The van der Waals surface area contributed by atoms with Gasteiger partial charge in [-0.2, -0.15) is 0 Å². The molecule has 0 aliphatic carbocycles. The van der Waals surface area contributed by atoms with Crippen LogP contribution in [-0.4, -0.2) is 118 Å². The van der Waals surface area contributed by atoms with E-state index in [-0.39, 0.29) is 41.3 Å². The highest BCUT2D eigenvalue weighted by molar-refractivity contribution is 6.79. The molecular formula is C50H70N6O9Si. The van der Waals surface area contributed by atoms with E-state index in [1.807, 2.05) is 62.4 Å². The molecule has 16 heteroatoms. The van der Waals surface area contributed by atoms with Crippen molar-refractivity contribution in [2.75, 3.05) is 44.3 Å². The summed E-state index contributed by atoms with van der Waals surface area (Å²) in [5.74, 6) is -1.19. The van der Waals surface area contributed by atoms with Crippen LogP contribution >= 0.6 is 0 Å². The second kappa shape index (κ2) is 22.2. The number of rotatable bonds is 17. The molecule has 15 nitrogen and oxygen atoms in total. The summed E-state index contributed by atoms with van der Waals surface area (Å²) in [5.41, 5.74) is 5.77. The summed E-state index contributed by atoms with van der Waals surface area (Å²) in [5, 5.41) is 8.23. The maximum atomic E-state index is 14.0. The van der Waals surface area contributed by atoms with E-state index in [1.54, 1.807) is 16.7 Å². The Morgan fingerprint density at radius 1 is 0.727 bits per heavy atom. The molecule has 66 heavy (non-hydrogen) atoms. The molecule has 0 radical (unpaired) electrons. The Morgan fingerprint density at radius 3 is 1.79 bits per heavy atom. The van der Waals surface area contributed by atoms with Gasteiger partial charge in [-0.25, -0.2) is 9.59 Å². The molecule has 2 aliphatic heterocycles. The van der Waals surface area contributed by atoms with E-state index in [1.165, 1.54) is 26.9 Å². The van der Waals surface area contributed by atoms with Crippen molar-refractivity contribution in [3.8, 4) is 0 Å². The van der Waals surface area contributed by atoms with Crippen LogP contribution in [-0.2, 0) is 58.3 Å². The highest BCUT2D eigenvalue weighted by Gasteiger charge is 2.47. The number of nitrogens with zero attached hydrogens (tertiary/aromatic N) is 3. The second-order valence-electron chi connectivity index (χ2n) is 19.8. The standard InChI is InChI=1S/C50H70N6O9Si/c1-32(2)43(52-48(61)64-8)46(59)55-26-12-13-40(55)45(58)51-38-22-18-36(19-23-38)29-54(39-24-20-37(21-25-39)50(4,5)6)28-35-16-14-34(15-17-35)27-42(57)41-30-66(10,11)31-56(41)47(60)44(33(3)63-7)53-49(62)65-9/h14-25,32-33,40-41,43-44H,12-13,26-31H2,1-11H3,(H,51,58)(H,52,61)(H,53,62)/t33?,40-,41-,43-,44-/m0/s1. The molecule has 5 amide bonds. The van der Waals surface area contributed by atoms with E-state index >= 15 is 0 Å². The smallest absolute Gasteiger partial charge is 0.407 e. The SMILES string of the molecule is COC(=O)N[C@H](C(=O)N1CCC[C@H]1C(=O)Nc1ccc(CN(Cc2ccc(CC(=O)[C@@H]3C[Si](C)(C)CN3C(=O)[C@@H](NC(=O)OC)C(C)OC)cc2)c2ccc(C(C)(C)C)cc2)cc1)C(C)C. The molecule has 3 aromatic rings. The van der Waals surface area contributed by atoms with Crippen molar-refractivity contribution in [2.45, 2.75) is 129 Å². The summed E-state index contributed by atoms with van der Waals surface area (Å²) >= 11 is 0. The maximum absolute atomic E-state index is 14.0. The van der Waals surface area contributed by atoms with Gasteiger partial charge in [0.05, 0.1) is 34.4 Å². The molecule has 0 aromatic heterocycles. The van der Waals surface area contributed by atoms with Crippen LogP contribution < -0.4 is 20.9 Å². The molecule has 1 unspecified atom stereocenters. The van der Waals surface area contributed by atoms with Crippen molar-refractivity contribution >= 4 is 55.1 Å². The fraction of sp³-hybridized carbons (Fsp3) is 0.520. The van der Waals surface area contributed by atoms with Gasteiger partial charge in [0.25, 0.3) is 0 Å². The summed E-state index contributed by atoms with van der Waals surface area (Å²) in [7, 11) is 2.01. The Hall–Kier alpha value is -5.74. The maximum Gasteiger partial charge on any atom is 0.407 e. The lowest BCUT2D eigenvalue weighted by Crippen LogP contribution is -2.56. The molecule has 358 valence electrons. The Labute approximate surface area is 391 Å². The lowest BCUT2D eigenvalue weighted by Gasteiger charge is -2.31. The van der Waals surface area contributed by atoms with Crippen molar-refractivity contribution in [3.63, 3.8) is 0 Å². The zero-order valence-corrected chi connectivity index (χ0v) is 41.6. The van der Waals surface area contributed by atoms with E-state index in [0.717, 1.165) is 22.4 Å². The van der Waals surface area contributed by atoms with E-state index < -0.39 is 50.5 Å². The van der Waals surface area contributed by atoms with Crippen molar-refractivity contribution < 1.29 is 43.0 Å². The van der Waals surface area contributed by atoms with Gasteiger partial charge in [-0.15, -0.1) is 0 Å². The molecule has 0 bridgehead atoms. The van der Waals surface area contributed by atoms with E-state index in [0.29, 0.717) is 50.4 Å². The molecule has 2 saturated heterocycles. The Kier molecular flexibility index (Phi) is 17.2. The van der Waals surface area contributed by atoms with E-state index in [2.05, 4.69) is 79.0 Å². The van der Waals surface area contributed by atoms with Crippen molar-refractivity contribution in [3.05, 3.63) is 95.1 Å². The van der Waals surface area contributed by atoms with Crippen LogP contribution in [0.5, 0.6) is 0 Å². The first-order chi connectivity index (χ1) is 31.1. The highest BCUT2D eigenvalue weighted by atomic mass is 28.3. The van der Waals surface area contributed by atoms with Gasteiger partial charge in [-0.3, -0.25) is 19.2 Å². The summed E-state index contributed by atoms with van der Waals surface area (Å²) in [6.45, 7) is 17.8. The first kappa shape index (κ1) is 51.2. The summed E-state index contributed by atoms with van der Waals surface area (Å²) in [4.78, 5) is 84.7. The minimum absolute atomic E-state index is 0.0133. The van der Waals surface area contributed by atoms with E-state index in [4.69, 9.17) is 14.2 Å². The largest absolute Gasteiger partial charge is 0.453 e. The van der Waals surface area contributed by atoms with Gasteiger partial charge in [-0.1, -0.05) is 96.2 Å². The molecule has 2 aliphatic rings. The van der Waals surface area contributed by atoms with Gasteiger partial charge >= 0.3 is 12.2 Å². The molecule has 0 saturated carbocycles. The van der Waals surface area contributed by atoms with Crippen molar-refractivity contribution in [2.24, 2.45) is 5.92 Å². The molecular weight excluding hydrogens is 857 g/mol. The fourth-order valence-corrected chi connectivity index (χ4v) is 11.6. The number of alkyl carbamates (subject to hydrolysis) is 2. The lowest BCUT2D eigenvalue weighted by molar-refractivity contribution is -0.141. The van der Waals surface area contributed by atoms with Crippen LogP contribution in [0.3, 0.4) is 0 Å². The van der Waals surface area contributed by atoms with E-state index in [9.17, 15) is 28.8 Å². The van der Waals surface area contributed by atoms with Crippen molar-refractivity contribution in [1.82, 2.24) is 20.4 Å². The number of ketones is 1. The van der Waals surface area contributed by atoms with Gasteiger partial charge in [0.2, 0.25) is 17.7 Å². The van der Waals surface area contributed by atoms with Gasteiger partial charge in [0.15, 0.2) is 5.78 Å². The third kappa shape index (κ3) is 13.2. The van der Waals surface area contributed by atoms with Crippen LogP contribution in [0, 0.1) is 5.92 Å². The monoisotopic (exact) mass is 926 g/mol. The van der Waals surface area contributed by atoms with Crippen LogP contribution in [0.25, 0.3) is 0 Å². The summed E-state index contributed by atoms with van der Waals surface area (Å²) in [6.07, 6.45) is -0.216. The third-order valence-electron chi connectivity index (χ3n) is 12.6. The number of hydrogen-bond donors (Lipinski definition) is 3. The molecule has 3 N–H and O–H groups in total. The first-order valence-electron chi connectivity index (χ1n) is 22.8. The Morgan fingerprint density at radius 2 is 1.26 bits per heavy atom. The lowest BCUT2D eigenvalue weighted by atomic mass is 9.87. The van der Waals surface area contributed by atoms with Crippen molar-refractivity contribution in [1.29, 1.82) is 0 Å². The third-order valence-corrected chi connectivity index (χ3v) is 15.3. The second-order valence-corrected chi connectivity index (χ2v) is 24.8. The number of Topliss-reactive ketones (excluding diaryl/α,β-unsaturated/α-hetero) is 1. The number of nitrogens with one attached hydrogen (secondary N) is 3. The van der Waals surface area contributed by atoms with Gasteiger partial charge < -0.3 is 44.9 Å². The average molecular weight is 927 g/mol. The van der Waals surface area contributed by atoms with Crippen LogP contribution in [0.2, 0.25) is 19.1 Å². The number of anilines is 2. The van der Waals surface area contributed by atoms with Crippen LogP contribution in [0.15, 0.2) is 72.8 Å². The molecule has 2 heterocycles. The number of methoxy groups -OCH3 is 3. The molecule has 3 aromatic carbocycles. The number of carbonyl (C=O) groups is 6. The quantitative estimate of drug-likeness (QED) is 0.122. The number of carbonyl (C=O) groups excluding carboxylic acids is 6. The number of ether oxygens (including phenoxy) is 3. The Balaban J connectivity index is 1.29. The van der Waals surface area contributed by atoms with Crippen LogP contribution in [0.1, 0.15) is 76.6 Å². The number of hydrogen-bond acceptors (Lipinski definition) is 10. The zero-order valence-electron chi connectivity index (χ0n) is 40.6. The molecule has 2 fully saturated rings. The number of benzene rings is 3. The Bertz CT molecular complexity index is 2180. The fourth-order valence-electron chi connectivity index (χ4n) is 8.70. The van der Waals surface area contributed by atoms with Gasteiger partial charge in [-0.05, 0) is 83.7 Å². The number of amides is 5. The van der Waals surface area contributed by atoms with Gasteiger partial charge in [0.1, 0.15) is 18.1 Å². The van der Waals surface area contributed by atoms with Gasteiger partial charge in [0, 0.05) is 50.7 Å². The highest BCUT2D eigenvalue weighted by Crippen LogP contribution is 2.31. The summed E-state index contributed by atoms with van der Waals surface area (Å²) in [6, 6.07) is 21.9. The first-order valence-corrected chi connectivity index (χ1v) is 26.2. The molecule has 0 spiro atoms.